The molecule has 0 bridgehead atoms. The van der Waals surface area contributed by atoms with Crippen molar-refractivity contribution in [2.24, 2.45) is 5.73 Å². The minimum atomic E-state index is -5.44. The van der Waals surface area contributed by atoms with E-state index in [0.717, 1.165) is 0 Å². The lowest BCUT2D eigenvalue weighted by atomic mass is 9.81. The highest BCUT2D eigenvalue weighted by atomic mass is 19.4. The minimum Gasteiger partial charge on any atom is -0.373 e. The van der Waals surface area contributed by atoms with Crippen LogP contribution in [0.3, 0.4) is 0 Å². The van der Waals surface area contributed by atoms with Crippen LogP contribution in [0, 0.1) is 5.82 Å². The van der Waals surface area contributed by atoms with Gasteiger partial charge in [-0.2, -0.15) is 26.3 Å². The summed E-state index contributed by atoms with van der Waals surface area (Å²) in [5.41, 5.74) is -2.92. The first-order valence-electron chi connectivity index (χ1n) is 6.69. The number of benzene rings is 1. The van der Waals surface area contributed by atoms with Crippen molar-refractivity contribution in [2.75, 3.05) is 0 Å². The maximum atomic E-state index is 13.9. The third kappa shape index (κ3) is 3.06. The number of primary amides is 1. The van der Waals surface area contributed by atoms with E-state index in [1.165, 1.54) is 0 Å². The smallest absolute Gasteiger partial charge is 0.373 e. The molecule has 24 heavy (non-hydrogen) atoms. The lowest BCUT2D eigenvalue weighted by molar-refractivity contribution is -0.254. The zero-order valence-electron chi connectivity index (χ0n) is 11.9. The molecule has 0 aliphatic heterocycles. The number of carbonyl (C=O) groups excluding carboxylic acids is 1. The summed E-state index contributed by atoms with van der Waals surface area (Å²) in [7, 11) is 0. The summed E-state index contributed by atoms with van der Waals surface area (Å²) in [6, 6.07) is 1.36. The van der Waals surface area contributed by atoms with Crippen LogP contribution in [0.4, 0.5) is 30.7 Å². The van der Waals surface area contributed by atoms with Crippen molar-refractivity contribution in [2.45, 2.75) is 42.6 Å². The molecular weight excluding hydrogens is 347 g/mol. The van der Waals surface area contributed by atoms with Crippen molar-refractivity contribution in [3.05, 3.63) is 35.1 Å². The molecule has 10 heteroatoms. The number of alkyl halides is 6. The number of halogens is 7. The Morgan fingerprint density at radius 1 is 1.17 bits per heavy atom. The Balaban J connectivity index is 2.47. The second-order valence-corrected chi connectivity index (χ2v) is 5.87. The molecule has 0 aromatic heterocycles. The maximum absolute atomic E-state index is 13.9. The van der Waals surface area contributed by atoms with Gasteiger partial charge in [0.1, 0.15) is 5.82 Å². The molecule has 0 heterocycles. The minimum absolute atomic E-state index is 0.114. The van der Waals surface area contributed by atoms with Gasteiger partial charge in [0.15, 0.2) is 0 Å². The number of aliphatic hydroxyl groups is 1. The van der Waals surface area contributed by atoms with Crippen molar-refractivity contribution >= 4 is 5.91 Å². The predicted molar refractivity (Wildman–Crippen MR) is 67.1 cm³/mol. The Morgan fingerprint density at radius 3 is 2.08 bits per heavy atom. The summed E-state index contributed by atoms with van der Waals surface area (Å²) in [6.07, 6.45) is -11.8. The largest absolute Gasteiger partial charge is 0.426 e. The molecule has 0 radical (unpaired) electrons. The van der Waals surface area contributed by atoms with E-state index in [1.54, 1.807) is 0 Å². The van der Waals surface area contributed by atoms with Crippen LogP contribution in [0.15, 0.2) is 18.2 Å². The number of nitrogens with two attached hydrogens (primary N) is 1. The number of carbonyl (C=O) groups is 1. The predicted octanol–water partition coefficient (Wildman–Crippen LogP) is 3.04. The zero-order valence-corrected chi connectivity index (χ0v) is 11.9. The molecule has 1 aromatic carbocycles. The summed E-state index contributed by atoms with van der Waals surface area (Å²) in [4.78, 5) is 11.1. The lowest BCUT2D eigenvalue weighted by Crippen LogP contribution is -2.57. The Hall–Kier alpha value is -1.84. The average Bonchev–Trinajstić information content (AvgIpc) is 3.16. The van der Waals surface area contributed by atoms with E-state index in [-0.39, 0.29) is 12.8 Å². The van der Waals surface area contributed by atoms with Gasteiger partial charge in [0.05, 0.1) is 5.56 Å². The van der Waals surface area contributed by atoms with Gasteiger partial charge in [-0.15, -0.1) is 0 Å². The summed E-state index contributed by atoms with van der Waals surface area (Å²) in [5, 5.41) is 9.64. The fourth-order valence-corrected chi connectivity index (χ4v) is 2.62. The maximum Gasteiger partial charge on any atom is 0.426 e. The molecule has 1 aromatic rings. The van der Waals surface area contributed by atoms with E-state index in [0.29, 0.717) is 18.2 Å². The summed E-state index contributed by atoms with van der Waals surface area (Å²) >= 11 is 0. The second kappa shape index (κ2) is 5.33. The first-order valence-corrected chi connectivity index (χ1v) is 6.69. The van der Waals surface area contributed by atoms with Crippen LogP contribution in [-0.2, 0) is 16.4 Å². The molecule has 1 aliphatic rings. The fraction of sp³-hybridized carbons (Fsp3) is 0.500. The zero-order chi connectivity index (χ0) is 18.6. The average molecular weight is 359 g/mol. The molecule has 3 N–H and O–H groups in total. The van der Waals surface area contributed by atoms with Gasteiger partial charge >= 0.3 is 12.4 Å². The van der Waals surface area contributed by atoms with Crippen molar-refractivity contribution in [1.29, 1.82) is 0 Å². The van der Waals surface area contributed by atoms with E-state index in [9.17, 15) is 40.6 Å². The standard InChI is InChI=1S/C14H12F7NO2/c15-9-2-1-7(13(16,17)18)5-8(9)11(3-4-11)6-12(24,10(22)23)14(19,20)21/h1-2,5,24H,3-4,6H2,(H2,22,23). The first-order chi connectivity index (χ1) is 10.7. The van der Waals surface area contributed by atoms with Crippen LogP contribution in [0.1, 0.15) is 30.4 Å². The number of hydrogen-bond donors (Lipinski definition) is 2. The van der Waals surface area contributed by atoms with E-state index in [4.69, 9.17) is 0 Å². The molecule has 0 saturated heterocycles. The fourth-order valence-electron chi connectivity index (χ4n) is 2.62. The van der Waals surface area contributed by atoms with Gasteiger partial charge in [0.2, 0.25) is 5.60 Å². The van der Waals surface area contributed by atoms with E-state index >= 15 is 0 Å². The number of hydrogen-bond acceptors (Lipinski definition) is 2. The number of rotatable bonds is 4. The van der Waals surface area contributed by atoms with Crippen LogP contribution >= 0.6 is 0 Å². The van der Waals surface area contributed by atoms with Crippen LogP contribution < -0.4 is 5.73 Å². The Labute approximate surface area is 131 Å². The van der Waals surface area contributed by atoms with Crippen molar-refractivity contribution in [1.82, 2.24) is 0 Å². The lowest BCUT2D eigenvalue weighted by Gasteiger charge is -2.31. The molecule has 1 saturated carbocycles. The topological polar surface area (TPSA) is 63.3 Å². The Kier molecular flexibility index (Phi) is 4.11. The van der Waals surface area contributed by atoms with Crippen molar-refractivity contribution < 1.29 is 40.6 Å². The molecule has 1 fully saturated rings. The summed E-state index contributed by atoms with van der Waals surface area (Å²) in [5.74, 6) is -3.23. The van der Waals surface area contributed by atoms with E-state index < -0.39 is 52.6 Å². The second-order valence-electron chi connectivity index (χ2n) is 5.87. The molecule has 0 spiro atoms. The van der Waals surface area contributed by atoms with Crippen LogP contribution in [0.25, 0.3) is 0 Å². The van der Waals surface area contributed by atoms with Gasteiger partial charge in [0.25, 0.3) is 5.91 Å². The normalized spacial score (nSPS) is 19.7. The molecule has 1 amide bonds. The SMILES string of the molecule is NC(=O)C(O)(CC1(c2cc(C(F)(F)F)ccc2F)CC1)C(F)(F)F. The quantitative estimate of drug-likeness (QED) is 0.812. The van der Waals surface area contributed by atoms with Crippen molar-refractivity contribution in [3.63, 3.8) is 0 Å². The molecule has 1 unspecified atom stereocenters. The molecule has 134 valence electrons. The van der Waals surface area contributed by atoms with E-state index in [2.05, 4.69) is 5.73 Å². The highest BCUT2D eigenvalue weighted by Gasteiger charge is 2.64. The van der Waals surface area contributed by atoms with Gasteiger partial charge < -0.3 is 10.8 Å². The van der Waals surface area contributed by atoms with Gasteiger partial charge in [-0.1, -0.05) is 0 Å². The molecule has 3 nitrogen and oxygen atoms in total. The molecular formula is C14H12F7NO2. The molecule has 2 rings (SSSR count). The molecule has 1 atom stereocenters. The van der Waals surface area contributed by atoms with Gasteiger partial charge in [0, 0.05) is 11.8 Å². The van der Waals surface area contributed by atoms with Gasteiger partial charge in [-0.05, 0) is 36.6 Å². The third-order valence-corrected chi connectivity index (χ3v) is 4.19. The van der Waals surface area contributed by atoms with Crippen LogP contribution in [-0.4, -0.2) is 22.8 Å². The summed E-state index contributed by atoms with van der Waals surface area (Å²) < 4.78 is 91.1. The van der Waals surface area contributed by atoms with Crippen LogP contribution in [0.2, 0.25) is 0 Å². The monoisotopic (exact) mass is 359 g/mol. The highest BCUT2D eigenvalue weighted by Crippen LogP contribution is 2.56. The summed E-state index contributed by atoms with van der Waals surface area (Å²) in [6.45, 7) is 0. The van der Waals surface area contributed by atoms with Crippen LogP contribution in [0.5, 0.6) is 0 Å². The highest BCUT2D eigenvalue weighted by molar-refractivity contribution is 5.84. The van der Waals surface area contributed by atoms with Crippen molar-refractivity contribution in [3.8, 4) is 0 Å². The van der Waals surface area contributed by atoms with E-state index in [1.807, 2.05) is 0 Å². The first kappa shape index (κ1) is 18.5. The molecule has 1 aliphatic carbocycles. The Bertz CT molecular complexity index is 664. The Morgan fingerprint density at radius 2 is 1.71 bits per heavy atom. The van der Waals surface area contributed by atoms with Gasteiger partial charge in [-0.3, -0.25) is 4.79 Å². The number of amides is 1. The third-order valence-electron chi connectivity index (χ3n) is 4.19. The van der Waals surface area contributed by atoms with Gasteiger partial charge in [-0.25, -0.2) is 4.39 Å².